The molecule has 1 amide bonds. The van der Waals surface area contributed by atoms with Gasteiger partial charge in [0.2, 0.25) is 5.91 Å². The minimum atomic E-state index is -0.0118. The average Bonchev–Trinajstić information content (AvgIpc) is 3.11. The van der Waals surface area contributed by atoms with Gasteiger partial charge in [-0.3, -0.25) is 4.79 Å². The van der Waals surface area contributed by atoms with Crippen LogP contribution in [0.4, 0.5) is 5.69 Å². The highest BCUT2D eigenvalue weighted by atomic mass is 32.2. The Kier molecular flexibility index (Phi) is 5.00. The van der Waals surface area contributed by atoms with E-state index in [4.69, 9.17) is 0 Å². The number of carbonyl (C=O) groups excluding carboxylic acids is 1. The molecule has 116 valence electrons. The predicted molar refractivity (Wildman–Crippen MR) is 89.6 cm³/mol. The second kappa shape index (κ2) is 7.55. The van der Waals surface area contributed by atoms with Gasteiger partial charge in [-0.25, -0.2) is 4.68 Å². The molecular weight excluding hydrogens is 310 g/mol. The molecule has 3 aromatic rings. The van der Waals surface area contributed by atoms with Crippen LogP contribution in [0.1, 0.15) is 6.42 Å². The quantitative estimate of drug-likeness (QED) is 0.706. The Balaban J connectivity index is 1.53. The highest BCUT2D eigenvalue weighted by Crippen LogP contribution is 2.18. The zero-order chi connectivity index (χ0) is 15.9. The largest absolute Gasteiger partial charge is 0.326 e. The van der Waals surface area contributed by atoms with Crippen molar-refractivity contribution in [2.75, 3.05) is 11.1 Å². The molecule has 0 aliphatic heterocycles. The van der Waals surface area contributed by atoms with Crippen molar-refractivity contribution in [2.45, 2.75) is 11.3 Å². The number of nitrogens with zero attached hydrogens (tertiary/aromatic N) is 4. The number of benzene rings is 2. The van der Waals surface area contributed by atoms with E-state index in [0.29, 0.717) is 6.42 Å². The van der Waals surface area contributed by atoms with Crippen LogP contribution in [-0.4, -0.2) is 31.9 Å². The summed E-state index contributed by atoms with van der Waals surface area (Å²) in [7, 11) is 0. The SMILES string of the molecule is O=C(CCSc1ccccc1)Nc1cccc(-n2cnnn2)c1. The van der Waals surface area contributed by atoms with Crippen molar-refractivity contribution in [1.82, 2.24) is 20.2 Å². The zero-order valence-corrected chi connectivity index (χ0v) is 13.1. The Morgan fingerprint density at radius 3 is 2.78 bits per heavy atom. The van der Waals surface area contributed by atoms with Crippen LogP contribution in [0.25, 0.3) is 5.69 Å². The molecule has 0 spiro atoms. The fourth-order valence-corrected chi connectivity index (χ4v) is 2.88. The van der Waals surface area contributed by atoms with Crippen LogP contribution in [0, 0.1) is 0 Å². The average molecular weight is 325 g/mol. The van der Waals surface area contributed by atoms with Crippen molar-refractivity contribution < 1.29 is 4.79 Å². The van der Waals surface area contributed by atoms with E-state index in [0.717, 1.165) is 17.1 Å². The van der Waals surface area contributed by atoms with Gasteiger partial charge in [0.1, 0.15) is 6.33 Å². The van der Waals surface area contributed by atoms with Crippen molar-refractivity contribution in [3.05, 3.63) is 60.9 Å². The minimum absolute atomic E-state index is 0.0118. The Labute approximate surface area is 137 Å². The second-order valence-electron chi connectivity index (χ2n) is 4.76. The zero-order valence-electron chi connectivity index (χ0n) is 12.3. The Bertz CT molecular complexity index is 761. The van der Waals surface area contributed by atoms with Gasteiger partial charge in [-0.05, 0) is 40.8 Å². The van der Waals surface area contributed by atoms with Crippen LogP contribution < -0.4 is 5.32 Å². The molecule has 0 aliphatic carbocycles. The molecule has 0 unspecified atom stereocenters. The lowest BCUT2D eigenvalue weighted by Gasteiger charge is -2.07. The van der Waals surface area contributed by atoms with Crippen molar-refractivity contribution in [3.63, 3.8) is 0 Å². The molecule has 1 N–H and O–H groups in total. The lowest BCUT2D eigenvalue weighted by Crippen LogP contribution is -2.12. The van der Waals surface area contributed by atoms with Gasteiger partial charge in [0.25, 0.3) is 0 Å². The molecule has 6 nitrogen and oxygen atoms in total. The summed E-state index contributed by atoms with van der Waals surface area (Å²) in [5.41, 5.74) is 1.53. The standard InChI is InChI=1S/C16H15N5OS/c22-16(9-10-23-15-7-2-1-3-8-15)18-13-5-4-6-14(11-13)21-12-17-19-20-21/h1-8,11-12H,9-10H2,(H,18,22). The van der Waals surface area contributed by atoms with Gasteiger partial charge in [-0.2, -0.15) is 0 Å². The van der Waals surface area contributed by atoms with Gasteiger partial charge in [-0.15, -0.1) is 16.9 Å². The summed E-state index contributed by atoms with van der Waals surface area (Å²) in [4.78, 5) is 13.2. The molecule has 1 aromatic heterocycles. The molecule has 0 aliphatic rings. The number of rotatable bonds is 6. The van der Waals surface area contributed by atoms with Crippen molar-refractivity contribution in [3.8, 4) is 5.69 Å². The summed E-state index contributed by atoms with van der Waals surface area (Å²) < 4.78 is 1.54. The molecule has 0 saturated carbocycles. The van der Waals surface area contributed by atoms with Crippen LogP contribution in [0.2, 0.25) is 0 Å². The number of thioether (sulfide) groups is 1. The number of amides is 1. The van der Waals surface area contributed by atoms with E-state index in [1.54, 1.807) is 16.4 Å². The third-order valence-electron chi connectivity index (χ3n) is 3.08. The van der Waals surface area contributed by atoms with Gasteiger partial charge in [0.05, 0.1) is 5.69 Å². The van der Waals surface area contributed by atoms with E-state index < -0.39 is 0 Å². The molecule has 3 rings (SSSR count). The summed E-state index contributed by atoms with van der Waals surface area (Å²) >= 11 is 1.67. The lowest BCUT2D eigenvalue weighted by molar-refractivity contribution is -0.115. The Morgan fingerprint density at radius 1 is 1.13 bits per heavy atom. The van der Waals surface area contributed by atoms with Crippen molar-refractivity contribution >= 4 is 23.4 Å². The number of hydrogen-bond donors (Lipinski definition) is 1. The number of hydrogen-bond acceptors (Lipinski definition) is 5. The number of carbonyl (C=O) groups is 1. The maximum Gasteiger partial charge on any atom is 0.225 e. The Hall–Kier alpha value is -2.67. The minimum Gasteiger partial charge on any atom is -0.326 e. The molecule has 23 heavy (non-hydrogen) atoms. The monoisotopic (exact) mass is 325 g/mol. The third kappa shape index (κ3) is 4.40. The summed E-state index contributed by atoms with van der Waals surface area (Å²) in [6.07, 6.45) is 1.96. The van der Waals surface area contributed by atoms with Gasteiger partial charge in [0, 0.05) is 22.8 Å². The molecule has 0 bridgehead atoms. The van der Waals surface area contributed by atoms with Gasteiger partial charge < -0.3 is 5.32 Å². The third-order valence-corrected chi connectivity index (χ3v) is 4.10. The van der Waals surface area contributed by atoms with Gasteiger partial charge in [-0.1, -0.05) is 24.3 Å². The van der Waals surface area contributed by atoms with E-state index in [2.05, 4.69) is 20.8 Å². The normalized spacial score (nSPS) is 10.4. The van der Waals surface area contributed by atoms with E-state index >= 15 is 0 Å². The second-order valence-corrected chi connectivity index (χ2v) is 5.93. The Morgan fingerprint density at radius 2 is 2.00 bits per heavy atom. The van der Waals surface area contributed by atoms with Crippen LogP contribution in [-0.2, 0) is 4.79 Å². The van der Waals surface area contributed by atoms with Crippen LogP contribution >= 0.6 is 11.8 Å². The molecule has 0 radical (unpaired) electrons. The van der Waals surface area contributed by atoms with Crippen LogP contribution in [0.15, 0.2) is 65.8 Å². The summed E-state index contributed by atoms with van der Waals surface area (Å²) in [5, 5.41) is 13.9. The highest BCUT2D eigenvalue weighted by Gasteiger charge is 2.05. The van der Waals surface area contributed by atoms with Crippen molar-refractivity contribution in [1.29, 1.82) is 0 Å². The molecule has 7 heteroatoms. The number of nitrogens with one attached hydrogen (secondary N) is 1. The first-order valence-corrected chi connectivity index (χ1v) is 8.11. The topological polar surface area (TPSA) is 72.7 Å². The van der Waals surface area contributed by atoms with Gasteiger partial charge in [0.15, 0.2) is 0 Å². The molecule has 0 saturated heterocycles. The fourth-order valence-electron chi connectivity index (χ4n) is 2.01. The van der Waals surface area contributed by atoms with E-state index in [9.17, 15) is 4.79 Å². The predicted octanol–water partition coefficient (Wildman–Crippen LogP) is 2.78. The highest BCUT2D eigenvalue weighted by molar-refractivity contribution is 7.99. The number of anilines is 1. The van der Waals surface area contributed by atoms with Crippen molar-refractivity contribution in [2.24, 2.45) is 0 Å². The molecule has 0 fully saturated rings. The van der Waals surface area contributed by atoms with E-state index in [-0.39, 0.29) is 5.91 Å². The summed E-state index contributed by atoms with van der Waals surface area (Å²) in [6, 6.07) is 17.4. The smallest absolute Gasteiger partial charge is 0.225 e. The molecule has 2 aromatic carbocycles. The molecule has 1 heterocycles. The van der Waals surface area contributed by atoms with Crippen LogP contribution in [0.3, 0.4) is 0 Å². The fraction of sp³-hybridized carbons (Fsp3) is 0.125. The lowest BCUT2D eigenvalue weighted by atomic mass is 10.2. The van der Waals surface area contributed by atoms with Crippen LogP contribution in [0.5, 0.6) is 0 Å². The molecular formula is C16H15N5OS. The van der Waals surface area contributed by atoms with Gasteiger partial charge >= 0.3 is 0 Å². The first kappa shape index (κ1) is 15.2. The van der Waals surface area contributed by atoms with E-state index in [1.807, 2.05) is 54.6 Å². The first-order chi connectivity index (χ1) is 11.3. The summed E-state index contributed by atoms with van der Waals surface area (Å²) in [5.74, 6) is 0.727. The van der Waals surface area contributed by atoms with E-state index in [1.165, 1.54) is 11.2 Å². The maximum atomic E-state index is 12.0. The first-order valence-electron chi connectivity index (χ1n) is 7.12. The summed E-state index contributed by atoms with van der Waals surface area (Å²) in [6.45, 7) is 0. The number of aromatic nitrogens is 4. The molecule has 0 atom stereocenters. The maximum absolute atomic E-state index is 12.0. The number of tetrazole rings is 1.